The van der Waals surface area contributed by atoms with Crippen LogP contribution < -0.4 is 4.18 Å². The van der Waals surface area contributed by atoms with Gasteiger partial charge >= 0.3 is 28.0 Å². The second kappa shape index (κ2) is 9.20. The van der Waals surface area contributed by atoms with Crippen LogP contribution in [0.3, 0.4) is 0 Å². The first-order valence-electron chi connectivity index (χ1n) is 8.12. The maximum absolute atomic E-state index is 12.6. The lowest BCUT2D eigenvalue weighted by molar-refractivity contribution is -0.139. The normalized spacial score (nSPS) is 10.7. The molecule has 2 aromatic carbocycles. The first-order valence-corrected chi connectivity index (χ1v) is 9.53. The van der Waals surface area contributed by atoms with Crippen molar-refractivity contribution >= 4 is 28.0 Å². The van der Waals surface area contributed by atoms with Gasteiger partial charge in [0.05, 0.1) is 38.9 Å². The fourth-order valence-electron chi connectivity index (χ4n) is 2.29. The summed E-state index contributed by atoms with van der Waals surface area (Å²) >= 11 is 0. The van der Waals surface area contributed by atoms with E-state index in [9.17, 15) is 22.8 Å². The van der Waals surface area contributed by atoms with Crippen LogP contribution in [0.5, 0.6) is 5.75 Å². The zero-order valence-electron chi connectivity index (χ0n) is 15.8. The van der Waals surface area contributed by atoms with Gasteiger partial charge in [-0.05, 0) is 35.9 Å². The van der Waals surface area contributed by atoms with Crippen molar-refractivity contribution in [2.75, 3.05) is 21.3 Å². The standard InChI is InChI=1S/C19H18O9S/c1-25-17(20)8-12-4-6-15(7-5-12)28-29(23,24)16-10-13(18(21)26-2)9-14(11-16)19(22)27-3/h4-7,9-11H,8H2,1-3H3. The number of carbonyl (C=O) groups is 3. The van der Waals surface area contributed by atoms with E-state index in [1.54, 1.807) is 0 Å². The molecule has 0 unspecified atom stereocenters. The minimum Gasteiger partial charge on any atom is -0.469 e. The second-order valence-electron chi connectivity index (χ2n) is 5.66. The minimum absolute atomic E-state index is 0.0210. The number of ether oxygens (including phenoxy) is 3. The van der Waals surface area contributed by atoms with Gasteiger partial charge in [-0.15, -0.1) is 0 Å². The molecule has 0 radical (unpaired) electrons. The van der Waals surface area contributed by atoms with Crippen LogP contribution in [0.2, 0.25) is 0 Å². The van der Waals surface area contributed by atoms with Crippen molar-refractivity contribution in [1.29, 1.82) is 0 Å². The first kappa shape index (κ1) is 21.9. The third-order valence-electron chi connectivity index (χ3n) is 3.74. The number of carbonyl (C=O) groups excluding carboxylic acids is 3. The summed E-state index contributed by atoms with van der Waals surface area (Å²) in [5.41, 5.74) is 0.277. The van der Waals surface area contributed by atoms with Crippen LogP contribution in [-0.4, -0.2) is 47.7 Å². The summed E-state index contributed by atoms with van der Waals surface area (Å²) in [6.45, 7) is 0. The molecule has 2 rings (SSSR count). The van der Waals surface area contributed by atoms with Gasteiger partial charge in [0.25, 0.3) is 0 Å². The van der Waals surface area contributed by atoms with E-state index < -0.39 is 32.9 Å². The molecule has 0 atom stereocenters. The van der Waals surface area contributed by atoms with Gasteiger partial charge in [-0.1, -0.05) is 12.1 Å². The highest BCUT2D eigenvalue weighted by atomic mass is 32.2. The van der Waals surface area contributed by atoms with Crippen LogP contribution in [-0.2, 0) is 35.5 Å². The van der Waals surface area contributed by atoms with Crippen LogP contribution in [0, 0.1) is 0 Å². The number of hydrogen-bond acceptors (Lipinski definition) is 9. The fraction of sp³-hybridized carbons (Fsp3) is 0.211. The minimum atomic E-state index is -4.39. The van der Waals surface area contributed by atoms with E-state index in [1.807, 2.05) is 0 Å². The van der Waals surface area contributed by atoms with E-state index in [4.69, 9.17) is 4.18 Å². The van der Waals surface area contributed by atoms with Crippen LogP contribution in [0.1, 0.15) is 26.3 Å². The molecule has 0 aromatic heterocycles. The summed E-state index contributed by atoms with van der Waals surface area (Å²) < 4.78 is 44.1. The Balaban J connectivity index is 2.35. The van der Waals surface area contributed by atoms with E-state index in [1.165, 1.54) is 31.4 Å². The van der Waals surface area contributed by atoms with Gasteiger partial charge in [-0.25, -0.2) is 9.59 Å². The zero-order chi connectivity index (χ0) is 21.6. The highest BCUT2D eigenvalue weighted by Gasteiger charge is 2.23. The van der Waals surface area contributed by atoms with Crippen molar-refractivity contribution in [1.82, 2.24) is 0 Å². The molecule has 0 fully saturated rings. The van der Waals surface area contributed by atoms with E-state index >= 15 is 0 Å². The molecule has 0 aliphatic carbocycles. The molecule has 0 N–H and O–H groups in total. The number of benzene rings is 2. The molecule has 154 valence electrons. The van der Waals surface area contributed by atoms with Crippen LogP contribution in [0.15, 0.2) is 47.4 Å². The molecule has 0 bridgehead atoms. The SMILES string of the molecule is COC(=O)Cc1ccc(OS(=O)(=O)c2cc(C(=O)OC)cc(C(=O)OC)c2)cc1. The molecule has 0 aliphatic heterocycles. The van der Waals surface area contributed by atoms with Gasteiger partial charge in [-0.3, -0.25) is 4.79 Å². The van der Waals surface area contributed by atoms with Gasteiger partial charge in [-0.2, -0.15) is 8.42 Å². The topological polar surface area (TPSA) is 122 Å². The average Bonchev–Trinajstić information content (AvgIpc) is 2.73. The molecule has 0 saturated carbocycles. The van der Waals surface area contributed by atoms with E-state index in [0.717, 1.165) is 32.4 Å². The van der Waals surface area contributed by atoms with Gasteiger partial charge in [0.2, 0.25) is 0 Å². The number of rotatable bonds is 7. The Kier molecular flexibility index (Phi) is 6.94. The summed E-state index contributed by atoms with van der Waals surface area (Å²) in [5, 5.41) is 0. The van der Waals surface area contributed by atoms with Crippen LogP contribution >= 0.6 is 0 Å². The van der Waals surface area contributed by atoms with Gasteiger partial charge in [0, 0.05) is 0 Å². The van der Waals surface area contributed by atoms with E-state index in [0.29, 0.717) is 5.56 Å². The van der Waals surface area contributed by atoms with Crippen LogP contribution in [0.25, 0.3) is 0 Å². The van der Waals surface area contributed by atoms with Crippen LogP contribution in [0.4, 0.5) is 0 Å². The molecule has 2 aromatic rings. The lowest BCUT2D eigenvalue weighted by Gasteiger charge is -2.10. The Morgan fingerprint density at radius 3 is 1.76 bits per heavy atom. The molecule has 0 saturated heterocycles. The lowest BCUT2D eigenvalue weighted by atomic mass is 10.1. The molecule has 0 spiro atoms. The highest BCUT2D eigenvalue weighted by molar-refractivity contribution is 7.87. The second-order valence-corrected chi connectivity index (χ2v) is 7.21. The molecular formula is C19H18O9S. The summed E-state index contributed by atoms with van der Waals surface area (Å²) in [6.07, 6.45) is 0.0210. The van der Waals surface area contributed by atoms with Crippen molar-refractivity contribution in [2.45, 2.75) is 11.3 Å². The lowest BCUT2D eigenvalue weighted by Crippen LogP contribution is -2.14. The number of methoxy groups -OCH3 is 3. The fourth-order valence-corrected chi connectivity index (χ4v) is 3.29. The third-order valence-corrected chi connectivity index (χ3v) is 4.97. The van der Waals surface area contributed by atoms with Gasteiger partial charge in [0.15, 0.2) is 0 Å². The summed E-state index contributed by atoms with van der Waals surface area (Å²) in [4.78, 5) is 34.5. The first-order chi connectivity index (χ1) is 13.7. The Morgan fingerprint density at radius 2 is 1.31 bits per heavy atom. The molecule has 29 heavy (non-hydrogen) atoms. The Bertz CT molecular complexity index is 990. The predicted octanol–water partition coefficient (Wildman–Crippen LogP) is 1.74. The summed E-state index contributed by atoms with van der Waals surface area (Å²) in [7, 11) is -0.891. The van der Waals surface area contributed by atoms with E-state index in [2.05, 4.69) is 14.2 Å². The van der Waals surface area contributed by atoms with E-state index in [-0.39, 0.29) is 23.3 Å². The Morgan fingerprint density at radius 1 is 0.793 bits per heavy atom. The van der Waals surface area contributed by atoms with Crippen molar-refractivity contribution in [3.8, 4) is 5.75 Å². The van der Waals surface area contributed by atoms with Crippen molar-refractivity contribution in [3.05, 3.63) is 59.2 Å². The Labute approximate surface area is 167 Å². The summed E-state index contributed by atoms with van der Waals surface area (Å²) in [6, 6.07) is 8.94. The zero-order valence-corrected chi connectivity index (χ0v) is 16.6. The maximum Gasteiger partial charge on any atom is 0.339 e. The monoisotopic (exact) mass is 422 g/mol. The number of hydrogen-bond donors (Lipinski definition) is 0. The van der Waals surface area contributed by atoms with Crippen molar-refractivity contribution in [3.63, 3.8) is 0 Å². The molecule has 0 amide bonds. The Hall–Kier alpha value is -3.40. The van der Waals surface area contributed by atoms with Crippen molar-refractivity contribution < 1.29 is 41.2 Å². The molecule has 0 heterocycles. The smallest absolute Gasteiger partial charge is 0.339 e. The molecule has 0 aliphatic rings. The number of esters is 3. The highest BCUT2D eigenvalue weighted by Crippen LogP contribution is 2.22. The quantitative estimate of drug-likeness (QED) is 0.373. The summed E-state index contributed by atoms with van der Waals surface area (Å²) in [5.74, 6) is -2.14. The van der Waals surface area contributed by atoms with Gasteiger partial charge in [0.1, 0.15) is 10.6 Å². The molecule has 9 nitrogen and oxygen atoms in total. The third kappa shape index (κ3) is 5.55. The van der Waals surface area contributed by atoms with Gasteiger partial charge < -0.3 is 18.4 Å². The predicted molar refractivity (Wildman–Crippen MR) is 99.1 cm³/mol. The van der Waals surface area contributed by atoms with Crippen molar-refractivity contribution in [2.24, 2.45) is 0 Å². The molecule has 10 heteroatoms. The average molecular weight is 422 g/mol. The largest absolute Gasteiger partial charge is 0.469 e. The molecular weight excluding hydrogens is 404 g/mol. The maximum atomic E-state index is 12.6.